The molecule has 1 aromatic heterocycles. The molecular formula is C35H24N6O4. The van der Waals surface area contributed by atoms with E-state index in [1.54, 1.807) is 59.3 Å². The molecule has 3 heterocycles. The Morgan fingerprint density at radius 3 is 1.98 bits per heavy atom. The summed E-state index contributed by atoms with van der Waals surface area (Å²) in [5, 5.41) is 6.93. The molecule has 2 aliphatic rings. The number of carbonyl (C=O) groups is 3. The number of hydrogen-bond acceptors (Lipinski definition) is 7. The zero-order valence-corrected chi connectivity index (χ0v) is 23.7. The number of para-hydroxylation sites is 2. The van der Waals surface area contributed by atoms with Gasteiger partial charge in [-0.05, 0) is 30.3 Å². The Morgan fingerprint density at radius 2 is 1.31 bits per heavy atom. The van der Waals surface area contributed by atoms with E-state index in [0.717, 1.165) is 21.3 Å². The Kier molecular flexibility index (Phi) is 7.12. The minimum atomic E-state index is -0.771. The number of rotatable bonds is 6. The van der Waals surface area contributed by atoms with Crippen LogP contribution < -0.4 is 0 Å². The largest absolute Gasteiger partial charge is 0.390 e. The van der Waals surface area contributed by atoms with Gasteiger partial charge in [0.05, 0.1) is 11.4 Å². The summed E-state index contributed by atoms with van der Waals surface area (Å²) in [4.78, 5) is 49.2. The van der Waals surface area contributed by atoms with Crippen molar-refractivity contribution in [1.29, 1.82) is 0 Å². The zero-order chi connectivity index (χ0) is 30.8. The molecule has 218 valence electrons. The van der Waals surface area contributed by atoms with E-state index in [4.69, 9.17) is 14.8 Å². The number of amidine groups is 2. The van der Waals surface area contributed by atoms with E-state index >= 15 is 0 Å². The summed E-state index contributed by atoms with van der Waals surface area (Å²) in [6, 6.07) is 36.6. The average Bonchev–Trinajstić information content (AvgIpc) is 3.64. The van der Waals surface area contributed by atoms with Crippen molar-refractivity contribution < 1.29 is 19.1 Å². The fraction of sp³-hybridized carbons (Fsp3) is 0.0286. The number of cyclic esters (lactones) is 1. The van der Waals surface area contributed by atoms with E-state index in [-0.39, 0.29) is 17.6 Å². The average molecular weight is 593 g/mol. The first-order valence-electron chi connectivity index (χ1n) is 14.1. The molecule has 5 aromatic rings. The monoisotopic (exact) mass is 592 g/mol. The molecule has 0 atom stereocenters. The van der Waals surface area contributed by atoms with E-state index < -0.39 is 24.2 Å². The summed E-state index contributed by atoms with van der Waals surface area (Å²) < 4.78 is 7.18. The van der Waals surface area contributed by atoms with Crippen molar-refractivity contribution in [3.8, 4) is 16.9 Å². The first kappa shape index (κ1) is 27.4. The number of aromatic nitrogens is 2. The van der Waals surface area contributed by atoms with Crippen LogP contribution in [-0.2, 0) is 19.1 Å². The second kappa shape index (κ2) is 11.7. The zero-order valence-electron chi connectivity index (χ0n) is 23.7. The van der Waals surface area contributed by atoms with Gasteiger partial charge in [0, 0.05) is 22.9 Å². The summed E-state index contributed by atoms with van der Waals surface area (Å²) in [6.07, 6.45) is 2.91. The van der Waals surface area contributed by atoms with Gasteiger partial charge in [-0.15, -0.1) is 0 Å². The van der Waals surface area contributed by atoms with Gasteiger partial charge in [-0.2, -0.15) is 20.1 Å². The predicted octanol–water partition coefficient (Wildman–Crippen LogP) is 5.55. The summed E-state index contributed by atoms with van der Waals surface area (Å²) in [5.41, 5.74) is 4.04. The fourth-order valence-corrected chi connectivity index (χ4v) is 5.01. The lowest BCUT2D eigenvalue weighted by molar-refractivity contribution is -0.158. The first-order valence-corrected chi connectivity index (χ1v) is 14.1. The lowest BCUT2D eigenvalue weighted by Gasteiger charge is -2.33. The van der Waals surface area contributed by atoms with Gasteiger partial charge < -0.3 is 4.74 Å². The van der Waals surface area contributed by atoms with E-state index in [0.29, 0.717) is 22.5 Å². The minimum Gasteiger partial charge on any atom is -0.390 e. The number of hydrogen-bond donors (Lipinski definition) is 0. The molecule has 2 amide bonds. The van der Waals surface area contributed by atoms with E-state index in [1.165, 1.54) is 0 Å². The molecule has 0 radical (unpaired) electrons. The van der Waals surface area contributed by atoms with Crippen molar-refractivity contribution in [1.82, 2.24) is 19.8 Å². The van der Waals surface area contributed by atoms with Crippen LogP contribution in [0, 0.1) is 0 Å². The predicted molar refractivity (Wildman–Crippen MR) is 168 cm³/mol. The maximum Gasteiger partial charge on any atom is 0.327 e. The van der Waals surface area contributed by atoms with Crippen LogP contribution in [-0.4, -0.2) is 49.4 Å². The van der Waals surface area contributed by atoms with Crippen molar-refractivity contribution in [3.05, 3.63) is 144 Å². The maximum atomic E-state index is 14.3. The summed E-state index contributed by atoms with van der Waals surface area (Å²) in [5.74, 6) is -1.88. The van der Waals surface area contributed by atoms with Crippen LogP contribution in [0.1, 0.15) is 17.5 Å². The van der Waals surface area contributed by atoms with Crippen LogP contribution in [0.25, 0.3) is 23.0 Å². The SMILES string of the molecule is O=C1CC(=O)N(N2C(=O)/C(=C/c3cn(-c4ccccc4)nc3-c3ccccc3)N=C2c2ccccc2)C(=Nc2ccccc2)O1. The summed E-state index contributed by atoms with van der Waals surface area (Å²) in [7, 11) is 0. The summed E-state index contributed by atoms with van der Waals surface area (Å²) in [6.45, 7) is 0. The van der Waals surface area contributed by atoms with Gasteiger partial charge in [0.25, 0.3) is 11.8 Å². The smallest absolute Gasteiger partial charge is 0.327 e. The number of ether oxygens (including phenoxy) is 1. The normalized spacial score (nSPS) is 16.8. The lowest BCUT2D eigenvalue weighted by Crippen LogP contribution is -2.57. The number of hydrazine groups is 1. The third kappa shape index (κ3) is 5.43. The van der Waals surface area contributed by atoms with Crippen LogP contribution in [0.3, 0.4) is 0 Å². The number of aliphatic imine (C=N–C) groups is 2. The second-order valence-corrected chi connectivity index (χ2v) is 10.1. The second-order valence-electron chi connectivity index (χ2n) is 10.1. The molecule has 4 aromatic carbocycles. The van der Waals surface area contributed by atoms with Crippen molar-refractivity contribution in [2.45, 2.75) is 6.42 Å². The Balaban J connectivity index is 1.37. The Labute approximate surface area is 257 Å². The van der Waals surface area contributed by atoms with Crippen molar-refractivity contribution >= 4 is 41.4 Å². The van der Waals surface area contributed by atoms with Crippen molar-refractivity contribution in [2.24, 2.45) is 9.98 Å². The number of benzene rings is 4. The molecule has 1 saturated heterocycles. The van der Waals surface area contributed by atoms with E-state index in [2.05, 4.69) is 4.99 Å². The van der Waals surface area contributed by atoms with Gasteiger partial charge in [0.2, 0.25) is 0 Å². The molecule has 0 unspecified atom stereocenters. The highest BCUT2D eigenvalue weighted by Crippen LogP contribution is 2.30. The number of amides is 2. The lowest BCUT2D eigenvalue weighted by atomic mass is 10.1. The Morgan fingerprint density at radius 1 is 0.711 bits per heavy atom. The first-order chi connectivity index (χ1) is 22.0. The third-order valence-electron chi connectivity index (χ3n) is 7.07. The van der Waals surface area contributed by atoms with Crippen molar-refractivity contribution in [2.75, 3.05) is 0 Å². The van der Waals surface area contributed by atoms with E-state index in [9.17, 15) is 14.4 Å². The van der Waals surface area contributed by atoms with Crippen LogP contribution >= 0.6 is 0 Å². The molecule has 0 aliphatic carbocycles. The number of esters is 1. The highest BCUT2D eigenvalue weighted by Gasteiger charge is 2.45. The van der Waals surface area contributed by atoms with Gasteiger partial charge in [-0.25, -0.2) is 9.67 Å². The Bertz CT molecular complexity index is 2000. The molecule has 0 N–H and O–H groups in total. The molecule has 0 bridgehead atoms. The van der Waals surface area contributed by atoms with Crippen LogP contribution in [0.4, 0.5) is 5.69 Å². The van der Waals surface area contributed by atoms with Gasteiger partial charge in [-0.1, -0.05) is 97.1 Å². The fourth-order valence-electron chi connectivity index (χ4n) is 5.01. The molecule has 7 rings (SSSR count). The Hall–Kier alpha value is -6.42. The maximum absolute atomic E-state index is 14.3. The number of nitrogens with zero attached hydrogens (tertiary/aromatic N) is 6. The number of carbonyl (C=O) groups excluding carboxylic acids is 3. The molecule has 0 saturated carbocycles. The highest BCUT2D eigenvalue weighted by atomic mass is 16.6. The highest BCUT2D eigenvalue weighted by molar-refractivity contribution is 6.23. The van der Waals surface area contributed by atoms with Crippen molar-refractivity contribution in [3.63, 3.8) is 0 Å². The van der Waals surface area contributed by atoms with Gasteiger partial charge in [0.15, 0.2) is 5.84 Å². The third-order valence-corrected chi connectivity index (χ3v) is 7.07. The molecule has 45 heavy (non-hydrogen) atoms. The van der Waals surface area contributed by atoms with Gasteiger partial charge in [0.1, 0.15) is 17.8 Å². The van der Waals surface area contributed by atoms with Crippen LogP contribution in [0.5, 0.6) is 0 Å². The quantitative estimate of drug-likeness (QED) is 0.146. The standard InChI is InChI=1S/C35H24N6O4/c42-30-22-31(43)45-35(36-27-17-9-3-10-18-27)40(30)41-33(25-15-7-2-8-16-25)37-29(34(41)44)21-26-23-39(28-19-11-4-12-20-28)38-32(26)24-13-5-1-6-14-24/h1-21,23H,22H2/b29-21-,36-35?. The molecule has 10 heteroatoms. The molecule has 1 fully saturated rings. The van der Waals surface area contributed by atoms with E-state index in [1.807, 2.05) is 79.0 Å². The summed E-state index contributed by atoms with van der Waals surface area (Å²) >= 11 is 0. The molecule has 10 nitrogen and oxygen atoms in total. The van der Waals surface area contributed by atoms with Gasteiger partial charge in [-0.3, -0.25) is 14.4 Å². The molecule has 2 aliphatic heterocycles. The molecular weight excluding hydrogens is 568 g/mol. The van der Waals surface area contributed by atoms with Gasteiger partial charge >= 0.3 is 12.0 Å². The van der Waals surface area contributed by atoms with Crippen LogP contribution in [0.15, 0.2) is 143 Å². The molecule has 0 spiro atoms. The van der Waals surface area contributed by atoms with Crippen LogP contribution in [0.2, 0.25) is 0 Å². The topological polar surface area (TPSA) is 109 Å². The minimum absolute atomic E-state index is 0.0578.